The van der Waals surface area contributed by atoms with Crippen LogP contribution in [0, 0.1) is 5.92 Å². The first-order valence-corrected chi connectivity index (χ1v) is 7.94. The van der Waals surface area contributed by atoms with E-state index < -0.39 is 0 Å². The molecule has 108 valence electrons. The van der Waals surface area contributed by atoms with Gasteiger partial charge in [0.2, 0.25) is 0 Å². The minimum Gasteiger partial charge on any atom is -0.370 e. The Labute approximate surface area is 124 Å². The second-order valence-electron chi connectivity index (χ2n) is 5.10. The highest BCUT2D eigenvalue weighted by molar-refractivity contribution is 7.10. The summed E-state index contributed by atoms with van der Waals surface area (Å²) in [5.41, 5.74) is 0. The first kappa shape index (κ1) is 14.8. The van der Waals surface area contributed by atoms with E-state index in [2.05, 4.69) is 58.9 Å². The van der Waals surface area contributed by atoms with Gasteiger partial charge in [0.05, 0.1) is 6.04 Å². The van der Waals surface area contributed by atoms with Crippen molar-refractivity contribution in [2.75, 3.05) is 17.2 Å². The second-order valence-corrected chi connectivity index (χ2v) is 6.08. The van der Waals surface area contributed by atoms with Crippen molar-refractivity contribution < 1.29 is 0 Å². The van der Waals surface area contributed by atoms with Crippen LogP contribution in [0.1, 0.15) is 38.1 Å². The fourth-order valence-electron chi connectivity index (χ4n) is 1.98. The van der Waals surface area contributed by atoms with Crippen molar-refractivity contribution in [3.63, 3.8) is 0 Å². The molecule has 2 aromatic rings. The Hall–Kier alpha value is -1.62. The fourth-order valence-corrected chi connectivity index (χ4v) is 2.93. The van der Waals surface area contributed by atoms with Crippen LogP contribution in [0.25, 0.3) is 0 Å². The molecule has 0 bridgehead atoms. The monoisotopic (exact) mass is 290 g/mol. The lowest BCUT2D eigenvalue weighted by Crippen LogP contribution is -2.16. The molecule has 20 heavy (non-hydrogen) atoms. The maximum atomic E-state index is 4.32. The van der Waals surface area contributed by atoms with Crippen molar-refractivity contribution in [2.24, 2.45) is 5.92 Å². The van der Waals surface area contributed by atoms with Gasteiger partial charge in [-0.3, -0.25) is 0 Å². The van der Waals surface area contributed by atoms with Crippen molar-refractivity contribution in [1.82, 2.24) is 9.97 Å². The van der Waals surface area contributed by atoms with Gasteiger partial charge in [0.1, 0.15) is 18.0 Å². The molecule has 0 saturated carbocycles. The second kappa shape index (κ2) is 7.24. The molecule has 0 aliphatic rings. The van der Waals surface area contributed by atoms with E-state index in [1.54, 1.807) is 17.7 Å². The number of anilines is 2. The van der Waals surface area contributed by atoms with Crippen LogP contribution in [0.15, 0.2) is 29.9 Å². The first-order chi connectivity index (χ1) is 9.70. The average molecular weight is 290 g/mol. The number of rotatable bonds is 7. The highest BCUT2D eigenvalue weighted by Gasteiger charge is 2.17. The van der Waals surface area contributed by atoms with E-state index in [1.165, 1.54) is 4.88 Å². The van der Waals surface area contributed by atoms with Gasteiger partial charge in [-0.15, -0.1) is 11.3 Å². The van der Waals surface area contributed by atoms with Crippen LogP contribution in [0.5, 0.6) is 0 Å². The Morgan fingerprint density at radius 1 is 1.25 bits per heavy atom. The SMILES string of the molecule is CCCNc1cc(NC(c2cccs2)C(C)C)ncn1. The zero-order valence-electron chi connectivity index (χ0n) is 12.3. The molecule has 0 fully saturated rings. The molecule has 0 aromatic carbocycles. The maximum absolute atomic E-state index is 4.32. The van der Waals surface area contributed by atoms with Gasteiger partial charge in [0, 0.05) is 17.5 Å². The first-order valence-electron chi connectivity index (χ1n) is 7.06. The van der Waals surface area contributed by atoms with Crippen molar-refractivity contribution >= 4 is 23.0 Å². The summed E-state index contributed by atoms with van der Waals surface area (Å²) in [7, 11) is 0. The lowest BCUT2D eigenvalue weighted by Gasteiger charge is -2.22. The minimum atomic E-state index is 0.281. The van der Waals surface area contributed by atoms with E-state index in [4.69, 9.17) is 0 Å². The highest BCUT2D eigenvalue weighted by atomic mass is 32.1. The Kier molecular flexibility index (Phi) is 5.35. The number of aromatic nitrogens is 2. The van der Waals surface area contributed by atoms with Crippen molar-refractivity contribution in [3.05, 3.63) is 34.8 Å². The zero-order chi connectivity index (χ0) is 14.4. The minimum absolute atomic E-state index is 0.281. The molecular formula is C15H22N4S. The Balaban J connectivity index is 2.10. The van der Waals surface area contributed by atoms with Gasteiger partial charge in [0.15, 0.2) is 0 Å². The summed E-state index contributed by atoms with van der Waals surface area (Å²) in [6.07, 6.45) is 2.68. The molecule has 0 aliphatic heterocycles. The Morgan fingerprint density at radius 3 is 2.70 bits per heavy atom. The summed E-state index contributed by atoms with van der Waals surface area (Å²) in [5, 5.41) is 8.91. The highest BCUT2D eigenvalue weighted by Crippen LogP contribution is 2.29. The van der Waals surface area contributed by atoms with Gasteiger partial charge in [-0.25, -0.2) is 9.97 Å². The number of hydrogen-bond acceptors (Lipinski definition) is 5. The van der Waals surface area contributed by atoms with Crippen LogP contribution in [0.3, 0.4) is 0 Å². The van der Waals surface area contributed by atoms with E-state index in [0.29, 0.717) is 5.92 Å². The van der Waals surface area contributed by atoms with Crippen molar-refractivity contribution in [3.8, 4) is 0 Å². The quantitative estimate of drug-likeness (QED) is 0.803. The molecular weight excluding hydrogens is 268 g/mol. The molecule has 0 spiro atoms. The molecule has 0 radical (unpaired) electrons. The smallest absolute Gasteiger partial charge is 0.131 e. The molecule has 2 rings (SSSR count). The van der Waals surface area contributed by atoms with Gasteiger partial charge in [-0.05, 0) is 23.8 Å². The molecule has 0 aliphatic carbocycles. The van der Waals surface area contributed by atoms with Crippen LogP contribution in [0.2, 0.25) is 0 Å². The van der Waals surface area contributed by atoms with E-state index in [1.807, 2.05) is 6.07 Å². The van der Waals surface area contributed by atoms with Crippen LogP contribution in [-0.4, -0.2) is 16.5 Å². The summed E-state index contributed by atoms with van der Waals surface area (Å²) in [6, 6.07) is 6.51. The van der Waals surface area contributed by atoms with Crippen LogP contribution < -0.4 is 10.6 Å². The van der Waals surface area contributed by atoms with Crippen molar-refractivity contribution in [2.45, 2.75) is 33.2 Å². The van der Waals surface area contributed by atoms with E-state index in [9.17, 15) is 0 Å². The molecule has 4 nitrogen and oxygen atoms in total. The lowest BCUT2D eigenvalue weighted by atomic mass is 10.0. The molecule has 0 amide bonds. The van der Waals surface area contributed by atoms with E-state index in [0.717, 1.165) is 24.6 Å². The number of thiophene rings is 1. The Bertz CT molecular complexity index is 510. The largest absolute Gasteiger partial charge is 0.370 e. The lowest BCUT2D eigenvalue weighted by molar-refractivity contribution is 0.552. The molecule has 5 heteroatoms. The summed E-state index contributed by atoms with van der Waals surface area (Å²) < 4.78 is 0. The topological polar surface area (TPSA) is 49.8 Å². The molecule has 2 aromatic heterocycles. The van der Waals surface area contributed by atoms with Gasteiger partial charge >= 0.3 is 0 Å². The predicted octanol–water partition coefficient (Wildman–Crippen LogP) is 4.17. The maximum Gasteiger partial charge on any atom is 0.131 e. The van der Waals surface area contributed by atoms with Crippen LogP contribution in [-0.2, 0) is 0 Å². The molecule has 2 heterocycles. The third-order valence-electron chi connectivity index (χ3n) is 3.04. The third kappa shape index (κ3) is 3.93. The van der Waals surface area contributed by atoms with E-state index >= 15 is 0 Å². The number of hydrogen-bond donors (Lipinski definition) is 2. The van der Waals surface area contributed by atoms with Gasteiger partial charge in [-0.2, -0.15) is 0 Å². The summed E-state index contributed by atoms with van der Waals surface area (Å²) in [6.45, 7) is 7.50. The summed E-state index contributed by atoms with van der Waals surface area (Å²) in [5.74, 6) is 2.24. The van der Waals surface area contributed by atoms with Gasteiger partial charge < -0.3 is 10.6 Å². The van der Waals surface area contributed by atoms with Crippen LogP contribution in [0.4, 0.5) is 11.6 Å². The normalized spacial score (nSPS) is 12.4. The Morgan fingerprint density at radius 2 is 2.05 bits per heavy atom. The molecule has 1 unspecified atom stereocenters. The standard InChI is InChI=1S/C15H22N4S/c1-4-7-16-13-9-14(18-10-17-13)19-15(11(2)3)12-6-5-8-20-12/h5-6,8-11,15H,4,7H2,1-3H3,(H2,16,17,18,19). The van der Waals surface area contributed by atoms with E-state index in [-0.39, 0.29) is 6.04 Å². The molecule has 0 saturated heterocycles. The fraction of sp³-hybridized carbons (Fsp3) is 0.467. The molecule has 1 atom stereocenters. The summed E-state index contributed by atoms with van der Waals surface area (Å²) >= 11 is 1.78. The number of nitrogens with one attached hydrogen (secondary N) is 2. The molecule has 2 N–H and O–H groups in total. The van der Waals surface area contributed by atoms with Gasteiger partial charge in [0.25, 0.3) is 0 Å². The zero-order valence-corrected chi connectivity index (χ0v) is 13.1. The number of nitrogens with zero attached hydrogens (tertiary/aromatic N) is 2. The van der Waals surface area contributed by atoms with Gasteiger partial charge in [-0.1, -0.05) is 26.8 Å². The van der Waals surface area contributed by atoms with Crippen LogP contribution >= 0.6 is 11.3 Å². The predicted molar refractivity (Wildman–Crippen MR) is 86.3 cm³/mol. The van der Waals surface area contributed by atoms with Crippen molar-refractivity contribution in [1.29, 1.82) is 0 Å². The summed E-state index contributed by atoms with van der Waals surface area (Å²) in [4.78, 5) is 9.89. The third-order valence-corrected chi connectivity index (χ3v) is 4.00. The average Bonchev–Trinajstić information content (AvgIpc) is 2.96.